The number of nitrogens with one attached hydrogen (secondary N) is 1. The Morgan fingerprint density at radius 1 is 1.10 bits per heavy atom. The summed E-state index contributed by atoms with van der Waals surface area (Å²) in [6.07, 6.45) is -0.105. The van der Waals surface area contributed by atoms with E-state index in [1.807, 2.05) is 0 Å². The van der Waals surface area contributed by atoms with E-state index in [-0.39, 0.29) is 59.5 Å². The number of carboxylic acids is 1. The fourth-order valence-corrected chi connectivity index (χ4v) is 6.90. The maximum Gasteiger partial charge on any atom is 0.433 e. The smallest absolute Gasteiger partial charge is 0.433 e. The molecular formula is C27H28Cl2F4N4O4. The van der Waals surface area contributed by atoms with Gasteiger partial charge in [0.15, 0.2) is 11.5 Å². The van der Waals surface area contributed by atoms with Crippen LogP contribution in [0.5, 0.6) is 0 Å². The monoisotopic (exact) mass is 618 g/mol. The van der Waals surface area contributed by atoms with Gasteiger partial charge in [-0.2, -0.15) is 18.3 Å². The molecule has 0 bridgehead atoms. The second-order valence-corrected chi connectivity index (χ2v) is 12.8. The van der Waals surface area contributed by atoms with Crippen molar-refractivity contribution in [3.05, 3.63) is 45.5 Å². The van der Waals surface area contributed by atoms with Crippen molar-refractivity contribution >= 4 is 40.9 Å². The van der Waals surface area contributed by atoms with Gasteiger partial charge < -0.3 is 10.4 Å². The lowest BCUT2D eigenvalue weighted by molar-refractivity contribution is -0.152. The highest BCUT2D eigenvalue weighted by Gasteiger charge is 2.65. The van der Waals surface area contributed by atoms with Gasteiger partial charge in [-0.1, -0.05) is 23.2 Å². The molecule has 2 heterocycles. The van der Waals surface area contributed by atoms with Gasteiger partial charge in [-0.3, -0.25) is 24.0 Å². The molecule has 8 nitrogen and oxygen atoms in total. The highest BCUT2D eigenvalue weighted by atomic mass is 35.5. The van der Waals surface area contributed by atoms with Crippen molar-refractivity contribution < 1.29 is 37.1 Å². The van der Waals surface area contributed by atoms with E-state index in [4.69, 9.17) is 23.2 Å². The van der Waals surface area contributed by atoms with E-state index in [2.05, 4.69) is 15.4 Å². The maximum absolute atomic E-state index is 16.1. The van der Waals surface area contributed by atoms with Gasteiger partial charge in [0.2, 0.25) is 0 Å². The first-order valence-electron chi connectivity index (χ1n) is 13.3. The molecule has 41 heavy (non-hydrogen) atoms. The largest absolute Gasteiger partial charge is 0.481 e. The van der Waals surface area contributed by atoms with Crippen molar-refractivity contribution in [2.24, 2.45) is 10.8 Å². The first kappa shape index (κ1) is 29.8. The Morgan fingerprint density at radius 3 is 2.20 bits per heavy atom. The summed E-state index contributed by atoms with van der Waals surface area (Å²) >= 11 is 12.2. The number of carboxylic acid groups (broad SMARTS) is 1. The third kappa shape index (κ3) is 5.57. The molecule has 2 N–H and O–H groups in total. The van der Waals surface area contributed by atoms with E-state index >= 15 is 4.39 Å². The molecule has 3 fully saturated rings. The van der Waals surface area contributed by atoms with Gasteiger partial charge in [-0.15, -0.1) is 0 Å². The van der Waals surface area contributed by atoms with Crippen molar-refractivity contribution in [2.45, 2.75) is 88.6 Å². The highest BCUT2D eigenvalue weighted by Crippen LogP contribution is 2.67. The first-order chi connectivity index (χ1) is 19.1. The fourth-order valence-electron chi connectivity index (χ4n) is 6.32. The van der Waals surface area contributed by atoms with Gasteiger partial charge in [0.1, 0.15) is 5.67 Å². The minimum Gasteiger partial charge on any atom is -0.481 e. The Morgan fingerprint density at radius 2 is 1.68 bits per heavy atom. The summed E-state index contributed by atoms with van der Waals surface area (Å²) in [5.74, 6) is -2.92. The van der Waals surface area contributed by atoms with Crippen LogP contribution >= 0.6 is 23.2 Å². The van der Waals surface area contributed by atoms with E-state index in [0.29, 0.717) is 0 Å². The van der Waals surface area contributed by atoms with Crippen LogP contribution in [-0.2, 0) is 11.0 Å². The van der Waals surface area contributed by atoms with E-state index < -0.39 is 64.7 Å². The standard InChI is InChI=1S/C27H28Cl2F4N4O4/c1-24(23(40)41)4-2-14(3-5-24)37-21(27(31,32)33)15(9-35-37)22(39)36-19(26(30)12-25(13-26)6-7-25)8-18(38)20-16(28)10-34-11-17(20)29/h9-11,14,19H,2-8,12-13H2,1H3,(H,36,39)(H,40,41). The van der Waals surface area contributed by atoms with Crippen LogP contribution in [0.1, 0.15) is 97.2 Å². The van der Waals surface area contributed by atoms with Gasteiger partial charge in [0.05, 0.1) is 44.9 Å². The molecule has 1 atom stereocenters. The Kier molecular flexibility index (Phi) is 7.41. The minimum atomic E-state index is -4.98. The molecule has 3 saturated carbocycles. The number of rotatable bonds is 8. The maximum atomic E-state index is 16.1. The number of ketones is 1. The lowest BCUT2D eigenvalue weighted by Crippen LogP contribution is -2.58. The third-order valence-electron chi connectivity index (χ3n) is 8.98. The van der Waals surface area contributed by atoms with E-state index in [0.717, 1.165) is 23.7 Å². The Bertz CT molecular complexity index is 1370. The average Bonchev–Trinajstić information content (AvgIpc) is 3.49. The number of Topliss-reactive ketones (excluding diaryl/α,β-unsaturated/α-hetero) is 1. The van der Waals surface area contributed by atoms with Crippen LogP contribution in [0.25, 0.3) is 0 Å². The van der Waals surface area contributed by atoms with Crippen molar-refractivity contribution in [2.75, 3.05) is 0 Å². The zero-order chi connectivity index (χ0) is 30.0. The van der Waals surface area contributed by atoms with Crippen molar-refractivity contribution in [3.63, 3.8) is 0 Å². The molecule has 0 saturated heterocycles. The number of amides is 1. The number of pyridine rings is 1. The fraction of sp³-hybridized carbons (Fsp3) is 0.593. The predicted molar refractivity (Wildman–Crippen MR) is 140 cm³/mol. The molecule has 5 rings (SSSR count). The molecule has 222 valence electrons. The van der Waals surface area contributed by atoms with Gasteiger partial charge in [0.25, 0.3) is 5.91 Å². The molecule has 14 heteroatoms. The molecule has 1 spiro atoms. The first-order valence-corrected chi connectivity index (χ1v) is 14.0. The van der Waals surface area contributed by atoms with Crippen molar-refractivity contribution in [1.82, 2.24) is 20.1 Å². The summed E-state index contributed by atoms with van der Waals surface area (Å²) in [5.41, 5.74) is -5.47. The predicted octanol–water partition coefficient (Wildman–Crippen LogP) is 6.46. The van der Waals surface area contributed by atoms with Crippen molar-refractivity contribution in [3.8, 4) is 0 Å². The number of carbonyl (C=O) groups excluding carboxylic acids is 2. The molecule has 3 aliphatic rings. The quantitative estimate of drug-likeness (QED) is 0.259. The summed E-state index contributed by atoms with van der Waals surface area (Å²) in [4.78, 5) is 41.9. The van der Waals surface area contributed by atoms with Gasteiger partial charge in [-0.05, 0) is 63.7 Å². The molecule has 0 aromatic carbocycles. The van der Waals surface area contributed by atoms with Gasteiger partial charge in [-0.25, -0.2) is 4.39 Å². The minimum absolute atomic E-state index is 0.0696. The summed E-state index contributed by atoms with van der Waals surface area (Å²) < 4.78 is 59.8. The van der Waals surface area contributed by atoms with Gasteiger partial charge >= 0.3 is 12.1 Å². The number of alkyl halides is 4. The highest BCUT2D eigenvalue weighted by molar-refractivity contribution is 6.39. The summed E-state index contributed by atoms with van der Waals surface area (Å²) in [7, 11) is 0. The van der Waals surface area contributed by atoms with Crippen LogP contribution < -0.4 is 5.32 Å². The summed E-state index contributed by atoms with van der Waals surface area (Å²) in [6, 6.07) is -2.22. The molecule has 2 aromatic heterocycles. The molecule has 1 amide bonds. The zero-order valence-corrected chi connectivity index (χ0v) is 23.5. The van der Waals surface area contributed by atoms with E-state index in [1.165, 1.54) is 12.4 Å². The Labute approximate surface area is 242 Å². The number of hydrogen-bond acceptors (Lipinski definition) is 5. The number of nitrogens with zero attached hydrogens (tertiary/aromatic N) is 3. The van der Waals surface area contributed by atoms with Gasteiger partial charge in [0, 0.05) is 18.8 Å². The number of halogens is 6. The Balaban J connectivity index is 1.41. The Hall–Kier alpha value is -2.73. The molecular weight excluding hydrogens is 591 g/mol. The normalized spacial score (nSPS) is 25.3. The topological polar surface area (TPSA) is 114 Å². The van der Waals surface area contributed by atoms with Crippen molar-refractivity contribution in [1.29, 1.82) is 0 Å². The van der Waals surface area contributed by atoms with E-state index in [1.54, 1.807) is 6.92 Å². The average molecular weight is 619 g/mol. The SMILES string of the molecule is CC1(C(=O)O)CCC(n2ncc(C(=O)NC(CC(=O)c3c(Cl)cncc3Cl)C3(F)CC4(CC4)C3)c2C(F)(F)F)CC1. The zero-order valence-electron chi connectivity index (χ0n) is 22.0. The van der Waals surface area contributed by atoms with E-state index in [9.17, 15) is 32.7 Å². The van der Waals surface area contributed by atoms with Crippen LogP contribution in [0.3, 0.4) is 0 Å². The lowest BCUT2D eigenvalue weighted by Gasteiger charge is -2.47. The summed E-state index contributed by atoms with van der Waals surface area (Å²) in [6.45, 7) is 1.55. The number of hydrogen-bond donors (Lipinski definition) is 2. The van der Waals surface area contributed by atoms with Crippen LogP contribution in [0.4, 0.5) is 17.6 Å². The molecule has 0 aliphatic heterocycles. The number of aromatic nitrogens is 3. The molecule has 3 aliphatic carbocycles. The number of carbonyl (C=O) groups is 3. The van der Waals surface area contributed by atoms with Crippen LogP contribution in [-0.4, -0.2) is 49.2 Å². The summed E-state index contributed by atoms with van der Waals surface area (Å²) in [5, 5.41) is 15.6. The third-order valence-corrected chi connectivity index (χ3v) is 9.55. The lowest BCUT2D eigenvalue weighted by atomic mass is 9.64. The second-order valence-electron chi connectivity index (χ2n) is 12.0. The van der Waals surface area contributed by atoms with Crippen LogP contribution in [0, 0.1) is 10.8 Å². The number of aliphatic carboxylic acids is 1. The molecule has 0 radical (unpaired) electrons. The second kappa shape index (κ2) is 10.2. The molecule has 2 aromatic rings. The molecule has 1 unspecified atom stereocenters. The van der Waals surface area contributed by atoms with Crippen LogP contribution in [0.15, 0.2) is 18.6 Å². The van der Waals surface area contributed by atoms with Crippen LogP contribution in [0.2, 0.25) is 10.0 Å².